The van der Waals surface area contributed by atoms with Crippen molar-refractivity contribution < 1.29 is 9.47 Å². The number of methoxy groups -OCH3 is 1. The quantitative estimate of drug-likeness (QED) is 0.773. The molecule has 21 heavy (non-hydrogen) atoms. The fourth-order valence-electron chi connectivity index (χ4n) is 1.77. The smallest absolute Gasteiger partial charge is 0.134 e. The SMILES string of the molecule is COc1ccc(OCc2ccc(CNC(C)C)s2)c(Br)c1. The number of hydrogen-bond donors (Lipinski definition) is 1. The summed E-state index contributed by atoms with van der Waals surface area (Å²) in [5.41, 5.74) is 0. The van der Waals surface area contributed by atoms with Crippen LogP contribution in [0.15, 0.2) is 34.8 Å². The molecule has 0 unspecified atom stereocenters. The molecule has 2 rings (SSSR count). The first kappa shape index (κ1) is 16.3. The van der Waals surface area contributed by atoms with E-state index in [0.29, 0.717) is 12.6 Å². The third kappa shape index (κ3) is 5.02. The van der Waals surface area contributed by atoms with Gasteiger partial charge < -0.3 is 14.8 Å². The molecule has 0 spiro atoms. The second kappa shape index (κ2) is 7.82. The highest BCUT2D eigenvalue weighted by Crippen LogP contribution is 2.30. The molecule has 2 aromatic rings. The molecule has 5 heteroatoms. The van der Waals surface area contributed by atoms with Gasteiger partial charge >= 0.3 is 0 Å². The number of halogens is 1. The Kier molecular flexibility index (Phi) is 6.08. The van der Waals surface area contributed by atoms with E-state index < -0.39 is 0 Å². The van der Waals surface area contributed by atoms with Crippen molar-refractivity contribution in [2.45, 2.75) is 33.0 Å². The maximum Gasteiger partial charge on any atom is 0.134 e. The summed E-state index contributed by atoms with van der Waals surface area (Å²) in [5, 5.41) is 3.42. The van der Waals surface area contributed by atoms with E-state index in [0.717, 1.165) is 22.5 Å². The number of benzene rings is 1. The van der Waals surface area contributed by atoms with Gasteiger partial charge in [0, 0.05) is 22.3 Å². The molecule has 0 bridgehead atoms. The molecule has 1 aromatic carbocycles. The molecule has 1 heterocycles. The highest BCUT2D eigenvalue weighted by molar-refractivity contribution is 9.10. The number of nitrogens with one attached hydrogen (secondary N) is 1. The van der Waals surface area contributed by atoms with Gasteiger partial charge in [0.05, 0.1) is 11.6 Å². The Morgan fingerprint density at radius 1 is 1.19 bits per heavy atom. The second-order valence-electron chi connectivity index (χ2n) is 4.99. The standard InChI is InChI=1S/C16H20BrNO2S/c1-11(2)18-9-13-5-6-14(21-13)10-20-16-7-4-12(19-3)8-15(16)17/h4-8,11,18H,9-10H2,1-3H3. The van der Waals surface area contributed by atoms with Crippen LogP contribution in [0.2, 0.25) is 0 Å². The van der Waals surface area contributed by atoms with Gasteiger partial charge in [-0.25, -0.2) is 0 Å². The molecule has 0 atom stereocenters. The Balaban J connectivity index is 1.91. The lowest BCUT2D eigenvalue weighted by Crippen LogP contribution is -2.21. The Bertz CT molecular complexity index is 583. The summed E-state index contributed by atoms with van der Waals surface area (Å²) < 4.78 is 11.9. The van der Waals surface area contributed by atoms with E-state index >= 15 is 0 Å². The van der Waals surface area contributed by atoms with E-state index in [4.69, 9.17) is 9.47 Å². The van der Waals surface area contributed by atoms with Gasteiger partial charge in [-0.2, -0.15) is 0 Å². The molecular weight excluding hydrogens is 350 g/mol. The lowest BCUT2D eigenvalue weighted by atomic mass is 10.3. The van der Waals surface area contributed by atoms with E-state index in [1.165, 1.54) is 9.75 Å². The van der Waals surface area contributed by atoms with Gasteiger partial charge in [0.15, 0.2) is 0 Å². The van der Waals surface area contributed by atoms with Crippen LogP contribution in [0.25, 0.3) is 0 Å². The minimum atomic E-state index is 0.502. The molecule has 1 N–H and O–H groups in total. The molecule has 0 saturated heterocycles. The van der Waals surface area contributed by atoms with Crippen LogP contribution in [0.1, 0.15) is 23.6 Å². The zero-order valence-electron chi connectivity index (χ0n) is 12.5. The fourth-order valence-corrected chi connectivity index (χ4v) is 3.13. The van der Waals surface area contributed by atoms with Gasteiger partial charge in [0.25, 0.3) is 0 Å². The normalized spacial score (nSPS) is 10.9. The Hall–Kier alpha value is -1.04. The first-order valence-electron chi connectivity index (χ1n) is 6.86. The predicted octanol–water partition coefficient (Wildman–Crippen LogP) is 4.60. The van der Waals surface area contributed by atoms with Crippen molar-refractivity contribution in [2.75, 3.05) is 7.11 Å². The summed E-state index contributed by atoms with van der Waals surface area (Å²) in [6, 6.07) is 10.5. The molecule has 0 radical (unpaired) electrons. The van der Waals surface area contributed by atoms with Crippen molar-refractivity contribution in [3.63, 3.8) is 0 Å². The minimum absolute atomic E-state index is 0.502. The Morgan fingerprint density at radius 2 is 1.95 bits per heavy atom. The molecule has 0 amide bonds. The summed E-state index contributed by atoms with van der Waals surface area (Å²) in [6.07, 6.45) is 0. The minimum Gasteiger partial charge on any atom is -0.497 e. The summed E-state index contributed by atoms with van der Waals surface area (Å²) in [5.74, 6) is 1.64. The lowest BCUT2D eigenvalue weighted by Gasteiger charge is -2.08. The maximum absolute atomic E-state index is 5.85. The van der Waals surface area contributed by atoms with Gasteiger partial charge in [0.2, 0.25) is 0 Å². The number of hydrogen-bond acceptors (Lipinski definition) is 4. The van der Waals surface area contributed by atoms with E-state index in [-0.39, 0.29) is 0 Å². The predicted molar refractivity (Wildman–Crippen MR) is 91.3 cm³/mol. The third-order valence-corrected chi connectivity index (χ3v) is 4.59. The van der Waals surface area contributed by atoms with Gasteiger partial charge in [-0.3, -0.25) is 0 Å². The number of rotatable bonds is 7. The Morgan fingerprint density at radius 3 is 2.62 bits per heavy atom. The van der Waals surface area contributed by atoms with E-state index in [1.54, 1.807) is 18.4 Å². The van der Waals surface area contributed by atoms with E-state index in [1.807, 2.05) is 18.2 Å². The van der Waals surface area contributed by atoms with Crippen molar-refractivity contribution in [3.05, 3.63) is 44.6 Å². The zero-order valence-corrected chi connectivity index (χ0v) is 14.9. The van der Waals surface area contributed by atoms with Crippen LogP contribution in [-0.4, -0.2) is 13.2 Å². The summed E-state index contributed by atoms with van der Waals surface area (Å²) in [4.78, 5) is 2.55. The second-order valence-corrected chi connectivity index (χ2v) is 7.10. The van der Waals surface area contributed by atoms with Crippen LogP contribution in [0.3, 0.4) is 0 Å². The molecule has 3 nitrogen and oxygen atoms in total. The highest BCUT2D eigenvalue weighted by Gasteiger charge is 2.06. The molecule has 0 saturated carbocycles. The topological polar surface area (TPSA) is 30.5 Å². The van der Waals surface area contributed by atoms with Crippen molar-refractivity contribution in [1.82, 2.24) is 5.32 Å². The highest BCUT2D eigenvalue weighted by atomic mass is 79.9. The van der Waals surface area contributed by atoms with Crippen LogP contribution in [0, 0.1) is 0 Å². The molecule has 1 aromatic heterocycles. The molecule has 0 aliphatic carbocycles. The van der Waals surface area contributed by atoms with Crippen LogP contribution in [0.4, 0.5) is 0 Å². The number of thiophene rings is 1. The summed E-state index contributed by atoms with van der Waals surface area (Å²) >= 11 is 5.28. The summed E-state index contributed by atoms with van der Waals surface area (Å²) in [6.45, 7) is 5.80. The largest absolute Gasteiger partial charge is 0.497 e. The molecule has 0 aliphatic heterocycles. The summed E-state index contributed by atoms with van der Waals surface area (Å²) in [7, 11) is 1.65. The molecule has 114 valence electrons. The van der Waals surface area contributed by atoms with Gasteiger partial charge in [-0.05, 0) is 46.3 Å². The maximum atomic E-state index is 5.85. The van der Waals surface area contributed by atoms with Crippen LogP contribution < -0.4 is 14.8 Å². The molecule has 0 aliphatic rings. The van der Waals surface area contributed by atoms with Gasteiger partial charge in [-0.15, -0.1) is 11.3 Å². The fraction of sp³-hybridized carbons (Fsp3) is 0.375. The monoisotopic (exact) mass is 369 g/mol. The first-order valence-corrected chi connectivity index (χ1v) is 8.46. The van der Waals surface area contributed by atoms with Crippen molar-refractivity contribution in [3.8, 4) is 11.5 Å². The van der Waals surface area contributed by atoms with E-state index in [2.05, 4.69) is 47.2 Å². The zero-order chi connectivity index (χ0) is 15.2. The van der Waals surface area contributed by atoms with Gasteiger partial charge in [-0.1, -0.05) is 13.8 Å². The average molecular weight is 370 g/mol. The van der Waals surface area contributed by atoms with Gasteiger partial charge in [0.1, 0.15) is 18.1 Å². The molecular formula is C16H20BrNO2S. The van der Waals surface area contributed by atoms with Crippen LogP contribution >= 0.6 is 27.3 Å². The van der Waals surface area contributed by atoms with Crippen molar-refractivity contribution >= 4 is 27.3 Å². The Labute approximate surface area is 138 Å². The van der Waals surface area contributed by atoms with Crippen molar-refractivity contribution in [2.24, 2.45) is 0 Å². The lowest BCUT2D eigenvalue weighted by molar-refractivity contribution is 0.307. The van der Waals surface area contributed by atoms with Crippen molar-refractivity contribution in [1.29, 1.82) is 0 Å². The molecule has 0 fully saturated rings. The number of ether oxygens (including phenoxy) is 2. The van der Waals surface area contributed by atoms with E-state index in [9.17, 15) is 0 Å². The van der Waals surface area contributed by atoms with Crippen LogP contribution in [-0.2, 0) is 13.2 Å². The first-order chi connectivity index (χ1) is 10.1. The van der Waals surface area contributed by atoms with Crippen LogP contribution in [0.5, 0.6) is 11.5 Å². The average Bonchev–Trinajstić information content (AvgIpc) is 2.91. The third-order valence-electron chi connectivity index (χ3n) is 2.91.